The number of carbonyl (C=O) groups is 1. The van der Waals surface area contributed by atoms with Gasteiger partial charge in [0.2, 0.25) is 5.91 Å². The molecule has 0 bridgehead atoms. The SMILES string of the molecule is Cc1ccc(NC(=O)CN2CCC(NCC3CC3)CC2)cc1C. The number of nitrogens with zero attached hydrogens (tertiary/aromatic N) is 1. The Morgan fingerprint density at radius 3 is 2.52 bits per heavy atom. The zero-order chi connectivity index (χ0) is 16.2. The van der Waals surface area contributed by atoms with Crippen molar-refractivity contribution in [2.75, 3.05) is 31.5 Å². The highest BCUT2D eigenvalue weighted by Crippen LogP contribution is 2.28. The van der Waals surface area contributed by atoms with Crippen LogP contribution in [0.15, 0.2) is 18.2 Å². The summed E-state index contributed by atoms with van der Waals surface area (Å²) in [5.74, 6) is 1.04. The molecule has 0 unspecified atom stereocenters. The maximum atomic E-state index is 12.2. The standard InChI is InChI=1S/C19H29N3O/c1-14-3-6-18(11-15(14)2)21-19(23)13-22-9-7-17(8-10-22)20-12-16-4-5-16/h3,6,11,16-17,20H,4-5,7-10,12-13H2,1-2H3,(H,21,23). The molecular weight excluding hydrogens is 286 g/mol. The lowest BCUT2D eigenvalue weighted by Crippen LogP contribution is -2.45. The number of likely N-dealkylation sites (tertiary alicyclic amines) is 1. The summed E-state index contributed by atoms with van der Waals surface area (Å²) in [6, 6.07) is 6.73. The summed E-state index contributed by atoms with van der Waals surface area (Å²) in [5.41, 5.74) is 3.37. The summed E-state index contributed by atoms with van der Waals surface area (Å²) in [4.78, 5) is 14.5. The molecule has 2 aliphatic rings. The van der Waals surface area contributed by atoms with E-state index in [9.17, 15) is 4.79 Å². The van der Waals surface area contributed by atoms with Gasteiger partial charge in [0.05, 0.1) is 6.54 Å². The van der Waals surface area contributed by atoms with Gasteiger partial charge in [-0.15, -0.1) is 0 Å². The molecule has 2 fully saturated rings. The summed E-state index contributed by atoms with van der Waals surface area (Å²) in [6.45, 7) is 7.89. The Labute approximate surface area is 139 Å². The number of hydrogen-bond acceptors (Lipinski definition) is 3. The molecule has 4 heteroatoms. The molecule has 2 N–H and O–H groups in total. The molecule has 126 valence electrons. The summed E-state index contributed by atoms with van der Waals surface area (Å²) in [7, 11) is 0. The van der Waals surface area contributed by atoms with Crippen LogP contribution in [0.4, 0.5) is 5.69 Å². The van der Waals surface area contributed by atoms with Crippen LogP contribution in [0.2, 0.25) is 0 Å². The molecule has 1 aliphatic heterocycles. The number of carbonyl (C=O) groups excluding carboxylic acids is 1. The number of hydrogen-bond donors (Lipinski definition) is 2. The van der Waals surface area contributed by atoms with Gasteiger partial charge in [-0.2, -0.15) is 0 Å². The highest BCUT2D eigenvalue weighted by molar-refractivity contribution is 5.92. The topological polar surface area (TPSA) is 44.4 Å². The Hall–Kier alpha value is -1.39. The van der Waals surface area contributed by atoms with E-state index in [4.69, 9.17) is 0 Å². The van der Waals surface area contributed by atoms with Gasteiger partial charge in [-0.05, 0) is 75.3 Å². The number of amides is 1. The number of nitrogens with one attached hydrogen (secondary N) is 2. The maximum Gasteiger partial charge on any atom is 0.238 e. The molecular formula is C19H29N3O. The fourth-order valence-electron chi connectivity index (χ4n) is 3.17. The van der Waals surface area contributed by atoms with E-state index in [1.54, 1.807) is 0 Å². The predicted molar refractivity (Wildman–Crippen MR) is 94.7 cm³/mol. The first-order chi connectivity index (χ1) is 11.1. The summed E-state index contributed by atoms with van der Waals surface area (Å²) >= 11 is 0. The first-order valence-electron chi connectivity index (χ1n) is 8.93. The number of benzene rings is 1. The van der Waals surface area contributed by atoms with Crippen molar-refractivity contribution in [1.29, 1.82) is 0 Å². The number of anilines is 1. The van der Waals surface area contributed by atoms with Gasteiger partial charge >= 0.3 is 0 Å². The summed E-state index contributed by atoms with van der Waals surface area (Å²) in [6.07, 6.45) is 5.13. The minimum atomic E-state index is 0.0950. The summed E-state index contributed by atoms with van der Waals surface area (Å²) < 4.78 is 0. The molecule has 4 nitrogen and oxygen atoms in total. The molecule has 1 aromatic rings. The van der Waals surface area contributed by atoms with Crippen LogP contribution in [0.5, 0.6) is 0 Å². The second kappa shape index (κ2) is 7.45. The van der Waals surface area contributed by atoms with Gasteiger partial charge in [-0.25, -0.2) is 0 Å². The third-order valence-electron chi connectivity index (χ3n) is 5.14. The molecule has 1 aliphatic carbocycles. The van der Waals surface area contributed by atoms with Crippen molar-refractivity contribution in [3.63, 3.8) is 0 Å². The van der Waals surface area contributed by atoms with Gasteiger partial charge in [-0.3, -0.25) is 9.69 Å². The van der Waals surface area contributed by atoms with E-state index in [0.717, 1.165) is 37.5 Å². The van der Waals surface area contributed by atoms with Crippen LogP contribution < -0.4 is 10.6 Å². The van der Waals surface area contributed by atoms with E-state index >= 15 is 0 Å². The third-order valence-corrected chi connectivity index (χ3v) is 5.14. The molecule has 1 saturated heterocycles. The lowest BCUT2D eigenvalue weighted by Gasteiger charge is -2.32. The van der Waals surface area contributed by atoms with Crippen LogP contribution in [0, 0.1) is 19.8 Å². The third kappa shape index (κ3) is 5.05. The van der Waals surface area contributed by atoms with E-state index < -0.39 is 0 Å². The zero-order valence-corrected chi connectivity index (χ0v) is 14.4. The van der Waals surface area contributed by atoms with Gasteiger partial charge in [0, 0.05) is 24.8 Å². The van der Waals surface area contributed by atoms with Crippen LogP contribution in [0.3, 0.4) is 0 Å². The lowest BCUT2D eigenvalue weighted by molar-refractivity contribution is -0.117. The highest BCUT2D eigenvalue weighted by Gasteiger charge is 2.24. The van der Waals surface area contributed by atoms with Crippen molar-refractivity contribution >= 4 is 11.6 Å². The quantitative estimate of drug-likeness (QED) is 0.848. The van der Waals surface area contributed by atoms with Crippen LogP contribution in [-0.4, -0.2) is 43.0 Å². The number of rotatable bonds is 6. The van der Waals surface area contributed by atoms with Gasteiger partial charge in [0.1, 0.15) is 0 Å². The first kappa shape index (κ1) is 16.5. The van der Waals surface area contributed by atoms with Crippen LogP contribution >= 0.6 is 0 Å². The maximum absolute atomic E-state index is 12.2. The molecule has 0 radical (unpaired) electrons. The number of piperidine rings is 1. The van der Waals surface area contributed by atoms with Gasteiger partial charge < -0.3 is 10.6 Å². The van der Waals surface area contributed by atoms with Gasteiger partial charge in [0.15, 0.2) is 0 Å². The monoisotopic (exact) mass is 315 g/mol. The van der Waals surface area contributed by atoms with Crippen LogP contribution in [0.1, 0.15) is 36.8 Å². The lowest BCUT2D eigenvalue weighted by atomic mass is 10.0. The van der Waals surface area contributed by atoms with E-state index in [1.165, 1.54) is 30.5 Å². The molecule has 1 amide bonds. The average Bonchev–Trinajstić information content (AvgIpc) is 3.34. The van der Waals surface area contributed by atoms with Crippen LogP contribution in [0.25, 0.3) is 0 Å². The molecule has 0 aromatic heterocycles. The van der Waals surface area contributed by atoms with Crippen molar-refractivity contribution in [1.82, 2.24) is 10.2 Å². The molecule has 1 aromatic carbocycles. The van der Waals surface area contributed by atoms with Gasteiger partial charge in [0.25, 0.3) is 0 Å². The molecule has 3 rings (SSSR count). The minimum Gasteiger partial charge on any atom is -0.325 e. The van der Waals surface area contributed by atoms with Gasteiger partial charge in [-0.1, -0.05) is 6.07 Å². The zero-order valence-electron chi connectivity index (χ0n) is 14.4. The average molecular weight is 315 g/mol. The smallest absolute Gasteiger partial charge is 0.238 e. The van der Waals surface area contributed by atoms with E-state index in [-0.39, 0.29) is 5.91 Å². The fraction of sp³-hybridized carbons (Fsp3) is 0.632. The second-order valence-corrected chi connectivity index (χ2v) is 7.25. The Kier molecular flexibility index (Phi) is 5.34. The van der Waals surface area contributed by atoms with Crippen molar-refractivity contribution in [2.45, 2.75) is 45.6 Å². The van der Waals surface area contributed by atoms with Crippen LogP contribution in [-0.2, 0) is 4.79 Å². The van der Waals surface area contributed by atoms with E-state index in [0.29, 0.717) is 12.6 Å². The Morgan fingerprint density at radius 2 is 1.87 bits per heavy atom. The Morgan fingerprint density at radius 1 is 1.13 bits per heavy atom. The summed E-state index contributed by atoms with van der Waals surface area (Å²) in [5, 5.41) is 6.70. The van der Waals surface area contributed by atoms with Crippen molar-refractivity contribution < 1.29 is 4.79 Å². The molecule has 1 heterocycles. The fourth-order valence-corrected chi connectivity index (χ4v) is 3.17. The second-order valence-electron chi connectivity index (χ2n) is 7.25. The normalized spacial score (nSPS) is 19.7. The molecule has 23 heavy (non-hydrogen) atoms. The van der Waals surface area contributed by atoms with Crippen molar-refractivity contribution in [3.8, 4) is 0 Å². The van der Waals surface area contributed by atoms with E-state index in [1.807, 2.05) is 12.1 Å². The first-order valence-corrected chi connectivity index (χ1v) is 8.93. The molecule has 0 spiro atoms. The molecule has 0 atom stereocenters. The van der Waals surface area contributed by atoms with Crippen molar-refractivity contribution in [2.24, 2.45) is 5.92 Å². The van der Waals surface area contributed by atoms with Crippen molar-refractivity contribution in [3.05, 3.63) is 29.3 Å². The number of aryl methyl sites for hydroxylation is 2. The largest absolute Gasteiger partial charge is 0.325 e. The minimum absolute atomic E-state index is 0.0950. The van der Waals surface area contributed by atoms with E-state index in [2.05, 4.69) is 35.4 Å². The Balaban J connectivity index is 1.39. The Bertz CT molecular complexity index is 546. The predicted octanol–water partition coefficient (Wildman–Crippen LogP) is 2.71. The molecule has 1 saturated carbocycles. The highest BCUT2D eigenvalue weighted by atomic mass is 16.2.